The molecule has 3 nitrogen and oxygen atoms in total. The van der Waals surface area contributed by atoms with Crippen LogP contribution in [0.3, 0.4) is 0 Å². The number of aryl methyl sites for hydroxylation is 1. The monoisotopic (exact) mass is 313 g/mol. The third kappa shape index (κ3) is 3.89. The quantitative estimate of drug-likeness (QED) is 0.914. The number of hydrogen-bond donors (Lipinski definition) is 1. The van der Waals surface area contributed by atoms with E-state index in [-0.39, 0.29) is 0 Å². The minimum Gasteiger partial charge on any atom is -0.347 e. The van der Waals surface area contributed by atoms with Gasteiger partial charge in [-0.15, -0.1) is 11.3 Å². The molecular formula is C15H27N3S2. The lowest BCUT2D eigenvalue weighted by molar-refractivity contribution is 0.603. The molecule has 1 aromatic rings. The van der Waals surface area contributed by atoms with Gasteiger partial charge in [0.2, 0.25) is 0 Å². The Morgan fingerprint density at radius 2 is 2.15 bits per heavy atom. The van der Waals surface area contributed by atoms with Crippen molar-refractivity contribution >= 4 is 28.2 Å². The van der Waals surface area contributed by atoms with Crippen LogP contribution < -0.4 is 10.2 Å². The fraction of sp³-hybridized carbons (Fsp3) is 0.800. The highest BCUT2D eigenvalue weighted by Crippen LogP contribution is 2.35. The first kappa shape index (κ1) is 16.1. The van der Waals surface area contributed by atoms with Crippen LogP contribution in [-0.2, 0) is 0 Å². The van der Waals surface area contributed by atoms with E-state index in [9.17, 15) is 0 Å². The molecule has 0 saturated carbocycles. The lowest BCUT2D eigenvalue weighted by Gasteiger charge is -2.22. The highest BCUT2D eigenvalue weighted by atomic mass is 32.2. The van der Waals surface area contributed by atoms with Crippen molar-refractivity contribution in [3.8, 4) is 0 Å². The molecule has 1 N–H and O–H groups in total. The van der Waals surface area contributed by atoms with Gasteiger partial charge >= 0.3 is 0 Å². The van der Waals surface area contributed by atoms with Crippen LogP contribution in [0.1, 0.15) is 50.7 Å². The minimum atomic E-state index is 0.404. The molecule has 1 aliphatic rings. The number of thiazole rings is 1. The van der Waals surface area contributed by atoms with Crippen LogP contribution in [-0.4, -0.2) is 35.1 Å². The van der Waals surface area contributed by atoms with Gasteiger partial charge in [0.15, 0.2) is 5.13 Å². The normalized spacial score (nSPS) is 20.8. The van der Waals surface area contributed by atoms with Crippen molar-refractivity contribution in [2.45, 2.75) is 51.8 Å². The van der Waals surface area contributed by atoms with Gasteiger partial charge in [-0.1, -0.05) is 20.8 Å². The molecule has 1 saturated heterocycles. The number of anilines is 1. The molecule has 20 heavy (non-hydrogen) atoms. The lowest BCUT2D eigenvalue weighted by atomic mass is 10.1. The van der Waals surface area contributed by atoms with Crippen LogP contribution in [0.2, 0.25) is 0 Å². The lowest BCUT2D eigenvalue weighted by Crippen LogP contribution is -2.26. The smallest absolute Gasteiger partial charge is 0.185 e. The van der Waals surface area contributed by atoms with E-state index < -0.39 is 0 Å². The van der Waals surface area contributed by atoms with Crippen molar-refractivity contribution in [1.82, 2.24) is 10.3 Å². The van der Waals surface area contributed by atoms with E-state index in [0.717, 1.165) is 19.6 Å². The van der Waals surface area contributed by atoms with Crippen LogP contribution in [0.4, 0.5) is 5.13 Å². The molecule has 0 aromatic carbocycles. The summed E-state index contributed by atoms with van der Waals surface area (Å²) < 4.78 is 0.404. The van der Waals surface area contributed by atoms with E-state index in [1.54, 1.807) is 0 Å². The van der Waals surface area contributed by atoms with Crippen molar-refractivity contribution in [1.29, 1.82) is 0 Å². The zero-order valence-corrected chi connectivity index (χ0v) is 15.0. The average molecular weight is 314 g/mol. The molecule has 1 fully saturated rings. The second kappa shape index (κ2) is 6.67. The maximum atomic E-state index is 4.82. The maximum absolute atomic E-state index is 4.82. The molecule has 2 rings (SSSR count). The van der Waals surface area contributed by atoms with E-state index in [1.165, 1.54) is 27.9 Å². The molecule has 1 unspecified atom stereocenters. The van der Waals surface area contributed by atoms with E-state index in [1.807, 2.05) is 11.3 Å². The van der Waals surface area contributed by atoms with Gasteiger partial charge in [0.1, 0.15) is 0 Å². The van der Waals surface area contributed by atoms with Crippen molar-refractivity contribution in [3.63, 3.8) is 0 Å². The third-order valence-corrected chi connectivity index (χ3v) is 6.61. The Labute approximate surface area is 131 Å². The Kier molecular flexibility index (Phi) is 5.37. The first-order valence-electron chi connectivity index (χ1n) is 7.52. The SMILES string of the molecule is CCNC(C)c1sc(N2CCSC(C)(C)CC2)nc1C. The average Bonchev–Trinajstić information content (AvgIpc) is 2.66. The summed E-state index contributed by atoms with van der Waals surface area (Å²) in [5, 5.41) is 4.70. The molecule has 1 aromatic heterocycles. The van der Waals surface area contributed by atoms with Crippen LogP contribution in [0, 0.1) is 6.92 Å². The third-order valence-electron chi connectivity index (χ3n) is 3.83. The second-order valence-corrected chi connectivity index (χ2v) is 8.88. The second-order valence-electron chi connectivity index (χ2n) is 6.07. The zero-order valence-electron chi connectivity index (χ0n) is 13.3. The molecule has 0 bridgehead atoms. The molecule has 1 atom stereocenters. The molecule has 2 heterocycles. The van der Waals surface area contributed by atoms with Gasteiger partial charge in [0.25, 0.3) is 0 Å². The standard InChI is InChI=1S/C15H27N3S2/c1-6-16-11(2)13-12(3)17-14(20-13)18-8-7-15(4,5)19-10-9-18/h11,16H,6-10H2,1-5H3. The predicted molar refractivity (Wildman–Crippen MR) is 92.3 cm³/mol. The molecule has 114 valence electrons. The van der Waals surface area contributed by atoms with Gasteiger partial charge in [-0.05, 0) is 26.8 Å². The Balaban J connectivity index is 2.11. The molecule has 0 spiro atoms. The molecule has 0 amide bonds. The Morgan fingerprint density at radius 1 is 1.40 bits per heavy atom. The zero-order chi connectivity index (χ0) is 14.8. The fourth-order valence-corrected chi connectivity index (χ4v) is 4.79. The summed E-state index contributed by atoms with van der Waals surface area (Å²) in [6, 6.07) is 0.407. The first-order valence-corrected chi connectivity index (χ1v) is 9.33. The van der Waals surface area contributed by atoms with Crippen molar-refractivity contribution in [3.05, 3.63) is 10.6 Å². The van der Waals surface area contributed by atoms with E-state index >= 15 is 0 Å². The topological polar surface area (TPSA) is 28.2 Å². The van der Waals surface area contributed by atoms with E-state index in [2.05, 4.69) is 56.6 Å². The number of nitrogens with one attached hydrogen (secondary N) is 1. The van der Waals surface area contributed by atoms with Gasteiger partial charge in [-0.2, -0.15) is 11.8 Å². The molecule has 1 aliphatic heterocycles. The highest BCUT2D eigenvalue weighted by Gasteiger charge is 2.25. The summed E-state index contributed by atoms with van der Waals surface area (Å²) in [4.78, 5) is 8.68. The van der Waals surface area contributed by atoms with Gasteiger partial charge in [-0.25, -0.2) is 4.98 Å². The minimum absolute atomic E-state index is 0.404. The van der Waals surface area contributed by atoms with Gasteiger partial charge in [-0.3, -0.25) is 0 Å². The van der Waals surface area contributed by atoms with Crippen molar-refractivity contribution in [2.75, 3.05) is 30.3 Å². The molecule has 0 radical (unpaired) electrons. The van der Waals surface area contributed by atoms with Crippen molar-refractivity contribution < 1.29 is 0 Å². The maximum Gasteiger partial charge on any atom is 0.185 e. The summed E-state index contributed by atoms with van der Waals surface area (Å²) in [6.45, 7) is 14.5. The summed E-state index contributed by atoms with van der Waals surface area (Å²) >= 11 is 3.95. The summed E-state index contributed by atoms with van der Waals surface area (Å²) in [6.07, 6.45) is 1.23. The van der Waals surface area contributed by atoms with Crippen LogP contribution >= 0.6 is 23.1 Å². The van der Waals surface area contributed by atoms with E-state index in [4.69, 9.17) is 4.98 Å². The van der Waals surface area contributed by atoms with Crippen LogP contribution in [0.25, 0.3) is 0 Å². The van der Waals surface area contributed by atoms with Gasteiger partial charge in [0, 0.05) is 34.5 Å². The summed E-state index contributed by atoms with van der Waals surface area (Å²) in [7, 11) is 0. The molecular weight excluding hydrogens is 286 g/mol. The number of rotatable bonds is 4. The van der Waals surface area contributed by atoms with Crippen LogP contribution in [0.5, 0.6) is 0 Å². The number of thioether (sulfide) groups is 1. The summed E-state index contributed by atoms with van der Waals surface area (Å²) in [5.74, 6) is 1.20. The van der Waals surface area contributed by atoms with Gasteiger partial charge < -0.3 is 10.2 Å². The number of aromatic nitrogens is 1. The highest BCUT2D eigenvalue weighted by molar-refractivity contribution is 8.00. The largest absolute Gasteiger partial charge is 0.347 e. The molecule has 5 heteroatoms. The summed E-state index contributed by atoms with van der Waals surface area (Å²) in [5.41, 5.74) is 1.19. The first-order chi connectivity index (χ1) is 9.43. The Morgan fingerprint density at radius 3 is 2.85 bits per heavy atom. The fourth-order valence-electron chi connectivity index (χ4n) is 2.54. The van der Waals surface area contributed by atoms with Crippen LogP contribution in [0.15, 0.2) is 0 Å². The Hall–Kier alpha value is -0.260. The Bertz CT molecular complexity index is 442. The molecule has 0 aliphatic carbocycles. The number of nitrogens with zero attached hydrogens (tertiary/aromatic N) is 2. The van der Waals surface area contributed by atoms with Gasteiger partial charge in [0.05, 0.1) is 5.69 Å². The predicted octanol–water partition coefficient (Wildman–Crippen LogP) is 3.84. The van der Waals surface area contributed by atoms with Crippen molar-refractivity contribution in [2.24, 2.45) is 0 Å². The number of hydrogen-bond acceptors (Lipinski definition) is 5. The van der Waals surface area contributed by atoms with E-state index in [0.29, 0.717) is 10.8 Å².